The van der Waals surface area contributed by atoms with Crippen molar-refractivity contribution in [2.24, 2.45) is 0 Å². The van der Waals surface area contributed by atoms with Crippen LogP contribution < -0.4 is 5.32 Å². The number of carboxylic acids is 1. The Hall–Kier alpha value is -2.43. The van der Waals surface area contributed by atoms with Gasteiger partial charge in [-0.15, -0.1) is 0 Å². The monoisotopic (exact) mass is 233 g/mol. The third kappa shape index (κ3) is 5.27. The molecule has 0 fully saturated rings. The van der Waals surface area contributed by atoms with Crippen LogP contribution in [0.15, 0.2) is 42.5 Å². The summed E-state index contributed by atoms with van der Waals surface area (Å²) in [5.74, 6) is -2.46. The molecule has 0 saturated heterocycles. The Bertz CT molecular complexity index is 451. The van der Waals surface area contributed by atoms with Gasteiger partial charge in [0, 0.05) is 12.2 Å². The maximum absolute atomic E-state index is 11.4. The lowest BCUT2D eigenvalue weighted by atomic mass is 10.1. The fraction of sp³-hybridized carbons (Fsp3) is 0.0833. The van der Waals surface area contributed by atoms with Crippen LogP contribution in [0.5, 0.6) is 0 Å². The molecule has 2 amide bonds. The third-order valence-electron chi connectivity index (χ3n) is 1.85. The van der Waals surface area contributed by atoms with E-state index in [0.29, 0.717) is 6.08 Å². The summed E-state index contributed by atoms with van der Waals surface area (Å²) in [6.07, 6.45) is 1.55. The second-order valence-electron chi connectivity index (χ2n) is 3.25. The summed E-state index contributed by atoms with van der Waals surface area (Å²) < 4.78 is 0. The van der Waals surface area contributed by atoms with Crippen LogP contribution in [0.25, 0.3) is 0 Å². The SMILES string of the molecule is O=C(O)/C=C/C(=O)NC(=O)Cc1ccccc1. The van der Waals surface area contributed by atoms with Crippen molar-refractivity contribution in [1.82, 2.24) is 5.32 Å². The van der Waals surface area contributed by atoms with Gasteiger partial charge in [-0.1, -0.05) is 30.3 Å². The summed E-state index contributed by atoms with van der Waals surface area (Å²) in [6, 6.07) is 8.92. The van der Waals surface area contributed by atoms with Crippen molar-refractivity contribution < 1.29 is 19.5 Å². The second kappa shape index (κ2) is 6.22. The third-order valence-corrected chi connectivity index (χ3v) is 1.85. The van der Waals surface area contributed by atoms with Gasteiger partial charge in [0.1, 0.15) is 0 Å². The van der Waals surface area contributed by atoms with Crippen molar-refractivity contribution in [2.45, 2.75) is 6.42 Å². The Morgan fingerprint density at radius 3 is 2.35 bits per heavy atom. The van der Waals surface area contributed by atoms with E-state index in [1.807, 2.05) is 6.07 Å². The van der Waals surface area contributed by atoms with Gasteiger partial charge in [0.05, 0.1) is 6.42 Å². The molecule has 0 bridgehead atoms. The average molecular weight is 233 g/mol. The van der Waals surface area contributed by atoms with E-state index in [4.69, 9.17) is 5.11 Å². The summed E-state index contributed by atoms with van der Waals surface area (Å²) >= 11 is 0. The summed E-state index contributed by atoms with van der Waals surface area (Å²) in [5, 5.41) is 10.3. The van der Waals surface area contributed by atoms with Crippen molar-refractivity contribution >= 4 is 17.8 Å². The number of hydrogen-bond acceptors (Lipinski definition) is 3. The van der Waals surface area contributed by atoms with Crippen LogP contribution in [-0.2, 0) is 20.8 Å². The Balaban J connectivity index is 2.45. The number of amides is 2. The van der Waals surface area contributed by atoms with Crippen LogP contribution in [0.3, 0.4) is 0 Å². The maximum Gasteiger partial charge on any atom is 0.328 e. The molecular formula is C12H11NO4. The molecule has 1 rings (SSSR count). The van der Waals surface area contributed by atoms with E-state index < -0.39 is 17.8 Å². The van der Waals surface area contributed by atoms with Crippen LogP contribution in [-0.4, -0.2) is 22.9 Å². The molecule has 0 aliphatic carbocycles. The van der Waals surface area contributed by atoms with Gasteiger partial charge >= 0.3 is 5.97 Å². The molecular weight excluding hydrogens is 222 g/mol. The number of carbonyl (C=O) groups excluding carboxylic acids is 2. The van der Waals surface area contributed by atoms with Crippen LogP contribution >= 0.6 is 0 Å². The van der Waals surface area contributed by atoms with Crippen LogP contribution in [0.2, 0.25) is 0 Å². The number of hydrogen-bond donors (Lipinski definition) is 2. The minimum absolute atomic E-state index is 0.0769. The highest BCUT2D eigenvalue weighted by Crippen LogP contribution is 1.98. The minimum Gasteiger partial charge on any atom is -0.478 e. The van der Waals surface area contributed by atoms with Crippen molar-refractivity contribution in [2.75, 3.05) is 0 Å². The molecule has 0 saturated carbocycles. The zero-order valence-electron chi connectivity index (χ0n) is 8.92. The van der Waals surface area contributed by atoms with Crippen LogP contribution in [0.1, 0.15) is 5.56 Å². The summed E-state index contributed by atoms with van der Waals surface area (Å²) in [6.45, 7) is 0. The Morgan fingerprint density at radius 1 is 1.12 bits per heavy atom. The molecule has 0 radical (unpaired) electrons. The number of carbonyl (C=O) groups is 3. The molecule has 0 aliphatic heterocycles. The first-order valence-corrected chi connectivity index (χ1v) is 4.86. The summed E-state index contributed by atoms with van der Waals surface area (Å²) in [5.41, 5.74) is 0.778. The molecule has 2 N–H and O–H groups in total. The maximum atomic E-state index is 11.4. The summed E-state index contributed by atoms with van der Waals surface area (Å²) in [4.78, 5) is 32.5. The van der Waals surface area contributed by atoms with Crippen LogP contribution in [0, 0.1) is 0 Å². The zero-order chi connectivity index (χ0) is 12.7. The molecule has 1 aromatic carbocycles. The lowest BCUT2D eigenvalue weighted by Gasteiger charge is -2.00. The average Bonchev–Trinajstić information content (AvgIpc) is 2.27. The Morgan fingerprint density at radius 2 is 1.76 bits per heavy atom. The number of aliphatic carboxylic acids is 1. The molecule has 0 atom stereocenters. The van der Waals surface area contributed by atoms with E-state index >= 15 is 0 Å². The van der Waals surface area contributed by atoms with Crippen molar-refractivity contribution in [1.29, 1.82) is 0 Å². The number of carboxylic acid groups (broad SMARTS) is 1. The lowest BCUT2D eigenvalue weighted by molar-refractivity contribution is -0.132. The highest BCUT2D eigenvalue weighted by atomic mass is 16.4. The molecule has 0 heterocycles. The largest absolute Gasteiger partial charge is 0.478 e. The molecule has 5 nitrogen and oxygen atoms in total. The van der Waals surface area contributed by atoms with Crippen molar-refractivity contribution in [3.63, 3.8) is 0 Å². The molecule has 0 spiro atoms. The standard InChI is InChI=1S/C12H11NO4/c14-10(6-7-12(16)17)13-11(15)8-9-4-2-1-3-5-9/h1-7H,8H2,(H,16,17)(H,13,14,15)/b7-6+. The van der Waals surface area contributed by atoms with Gasteiger partial charge in [-0.2, -0.15) is 0 Å². The molecule has 0 unspecified atom stereocenters. The quantitative estimate of drug-likeness (QED) is 0.742. The normalized spacial score (nSPS) is 10.1. The van der Waals surface area contributed by atoms with Gasteiger partial charge in [0.15, 0.2) is 0 Å². The molecule has 88 valence electrons. The van der Waals surface area contributed by atoms with Gasteiger partial charge in [0.25, 0.3) is 5.91 Å². The fourth-order valence-electron chi connectivity index (χ4n) is 1.15. The number of rotatable bonds is 4. The smallest absolute Gasteiger partial charge is 0.328 e. The predicted molar refractivity (Wildman–Crippen MR) is 60.1 cm³/mol. The topological polar surface area (TPSA) is 83.5 Å². The first kappa shape index (κ1) is 12.6. The lowest BCUT2D eigenvalue weighted by Crippen LogP contribution is -2.30. The van der Waals surface area contributed by atoms with E-state index in [1.165, 1.54) is 0 Å². The minimum atomic E-state index is -1.24. The van der Waals surface area contributed by atoms with E-state index in [0.717, 1.165) is 11.6 Å². The van der Waals surface area contributed by atoms with E-state index in [1.54, 1.807) is 24.3 Å². The van der Waals surface area contributed by atoms with Crippen molar-refractivity contribution in [3.05, 3.63) is 48.0 Å². The van der Waals surface area contributed by atoms with E-state index in [-0.39, 0.29) is 6.42 Å². The highest BCUT2D eigenvalue weighted by molar-refractivity contribution is 6.03. The van der Waals surface area contributed by atoms with E-state index in [9.17, 15) is 14.4 Å². The fourth-order valence-corrected chi connectivity index (χ4v) is 1.15. The summed E-state index contributed by atoms with van der Waals surface area (Å²) in [7, 11) is 0. The number of imide groups is 1. The predicted octanol–water partition coefficient (Wildman–Crippen LogP) is 0.513. The Kier molecular flexibility index (Phi) is 4.62. The molecule has 5 heteroatoms. The van der Waals surface area contributed by atoms with Crippen molar-refractivity contribution in [3.8, 4) is 0 Å². The number of benzene rings is 1. The van der Waals surface area contributed by atoms with Gasteiger partial charge in [-0.25, -0.2) is 4.79 Å². The van der Waals surface area contributed by atoms with Crippen LogP contribution in [0.4, 0.5) is 0 Å². The second-order valence-corrected chi connectivity index (χ2v) is 3.25. The molecule has 1 aromatic rings. The Labute approximate surface area is 97.8 Å². The highest BCUT2D eigenvalue weighted by Gasteiger charge is 2.06. The number of nitrogens with one attached hydrogen (secondary N) is 1. The molecule has 0 aliphatic rings. The van der Waals surface area contributed by atoms with E-state index in [2.05, 4.69) is 5.32 Å². The first-order valence-electron chi connectivity index (χ1n) is 4.86. The van der Waals surface area contributed by atoms with Gasteiger partial charge < -0.3 is 5.11 Å². The van der Waals surface area contributed by atoms with Gasteiger partial charge in [-0.05, 0) is 5.56 Å². The van der Waals surface area contributed by atoms with Gasteiger partial charge in [-0.3, -0.25) is 14.9 Å². The zero-order valence-corrected chi connectivity index (χ0v) is 8.92. The first-order chi connectivity index (χ1) is 8.08. The molecule has 17 heavy (non-hydrogen) atoms. The van der Waals surface area contributed by atoms with Gasteiger partial charge in [0.2, 0.25) is 5.91 Å². The molecule has 0 aromatic heterocycles.